The normalized spacial score (nSPS) is 21.9. The molecule has 0 spiro atoms. The maximum atomic E-state index is 5.47. The fourth-order valence-electron chi connectivity index (χ4n) is 2.35. The maximum absolute atomic E-state index is 5.47. The molecule has 1 rings (SSSR count). The van der Waals surface area contributed by atoms with Crippen LogP contribution in [0.4, 0.5) is 0 Å². The Hall–Kier alpha value is -0.160. The highest BCUT2D eigenvalue weighted by atomic mass is 16.5. The highest BCUT2D eigenvalue weighted by Gasteiger charge is 2.17. The second-order valence-electron chi connectivity index (χ2n) is 4.66. The standard InChI is InChI=1S/C13H28N2O2/c1-3-14-13-6-4-7-15(12-13)8-5-9-17-11-10-16-2/h13-14H,3-12H2,1-2H3. The summed E-state index contributed by atoms with van der Waals surface area (Å²) >= 11 is 0. The lowest BCUT2D eigenvalue weighted by atomic mass is 10.1. The number of hydrogen-bond donors (Lipinski definition) is 1. The molecular weight excluding hydrogens is 216 g/mol. The summed E-state index contributed by atoms with van der Waals surface area (Å²) in [5.74, 6) is 0. The summed E-state index contributed by atoms with van der Waals surface area (Å²) in [6.45, 7) is 9.15. The highest BCUT2D eigenvalue weighted by Crippen LogP contribution is 2.10. The molecule has 0 amide bonds. The highest BCUT2D eigenvalue weighted by molar-refractivity contribution is 4.77. The molecule has 1 aliphatic heterocycles. The first-order valence-electron chi connectivity index (χ1n) is 6.89. The van der Waals surface area contributed by atoms with Crippen LogP contribution < -0.4 is 5.32 Å². The lowest BCUT2D eigenvalue weighted by molar-refractivity contribution is 0.0633. The van der Waals surface area contributed by atoms with Crippen molar-refractivity contribution in [2.45, 2.75) is 32.2 Å². The van der Waals surface area contributed by atoms with Crippen molar-refractivity contribution in [1.29, 1.82) is 0 Å². The van der Waals surface area contributed by atoms with Gasteiger partial charge in [0.25, 0.3) is 0 Å². The molecule has 1 unspecified atom stereocenters. The van der Waals surface area contributed by atoms with Gasteiger partial charge in [-0.2, -0.15) is 0 Å². The van der Waals surface area contributed by atoms with Gasteiger partial charge in [-0.05, 0) is 32.4 Å². The molecule has 1 heterocycles. The van der Waals surface area contributed by atoms with Gasteiger partial charge in [-0.25, -0.2) is 0 Å². The number of ether oxygens (including phenoxy) is 2. The van der Waals surface area contributed by atoms with Crippen LogP contribution in [0.5, 0.6) is 0 Å². The fourth-order valence-corrected chi connectivity index (χ4v) is 2.35. The fraction of sp³-hybridized carbons (Fsp3) is 1.00. The number of hydrogen-bond acceptors (Lipinski definition) is 4. The van der Waals surface area contributed by atoms with Crippen LogP contribution in [0.3, 0.4) is 0 Å². The van der Waals surface area contributed by atoms with E-state index in [2.05, 4.69) is 17.1 Å². The molecule has 1 fully saturated rings. The molecule has 0 aromatic carbocycles. The Morgan fingerprint density at radius 3 is 2.94 bits per heavy atom. The topological polar surface area (TPSA) is 33.7 Å². The minimum Gasteiger partial charge on any atom is -0.382 e. The summed E-state index contributed by atoms with van der Waals surface area (Å²) < 4.78 is 10.4. The number of piperidine rings is 1. The van der Waals surface area contributed by atoms with Gasteiger partial charge in [-0.1, -0.05) is 6.92 Å². The van der Waals surface area contributed by atoms with Crippen LogP contribution in [0, 0.1) is 0 Å². The third-order valence-corrected chi connectivity index (χ3v) is 3.19. The van der Waals surface area contributed by atoms with Crippen LogP contribution in [-0.4, -0.2) is 64.1 Å². The summed E-state index contributed by atoms with van der Waals surface area (Å²) in [6.07, 6.45) is 3.78. The van der Waals surface area contributed by atoms with Crippen molar-refractivity contribution < 1.29 is 9.47 Å². The zero-order valence-electron chi connectivity index (χ0n) is 11.4. The second-order valence-corrected chi connectivity index (χ2v) is 4.66. The van der Waals surface area contributed by atoms with E-state index in [0.29, 0.717) is 12.6 Å². The van der Waals surface area contributed by atoms with Crippen LogP contribution in [0.2, 0.25) is 0 Å². The third-order valence-electron chi connectivity index (χ3n) is 3.19. The summed E-state index contributed by atoms with van der Waals surface area (Å²) in [4.78, 5) is 2.55. The molecule has 17 heavy (non-hydrogen) atoms. The minimum atomic E-state index is 0.697. The Morgan fingerprint density at radius 2 is 2.18 bits per heavy atom. The first-order valence-corrected chi connectivity index (χ1v) is 6.89. The Labute approximate surface area is 106 Å². The first-order chi connectivity index (χ1) is 8.36. The average molecular weight is 244 g/mol. The number of likely N-dealkylation sites (N-methyl/N-ethyl adjacent to an activating group) is 1. The van der Waals surface area contributed by atoms with Crippen molar-refractivity contribution in [1.82, 2.24) is 10.2 Å². The lowest BCUT2D eigenvalue weighted by Gasteiger charge is -2.33. The van der Waals surface area contributed by atoms with Gasteiger partial charge in [-0.3, -0.25) is 0 Å². The molecule has 0 aliphatic carbocycles. The Morgan fingerprint density at radius 1 is 1.29 bits per heavy atom. The van der Waals surface area contributed by atoms with E-state index in [-0.39, 0.29) is 0 Å². The van der Waals surface area contributed by atoms with Gasteiger partial charge in [0, 0.05) is 32.8 Å². The second kappa shape index (κ2) is 9.83. The monoisotopic (exact) mass is 244 g/mol. The van der Waals surface area contributed by atoms with Gasteiger partial charge < -0.3 is 19.7 Å². The van der Waals surface area contributed by atoms with E-state index in [9.17, 15) is 0 Å². The van der Waals surface area contributed by atoms with E-state index < -0.39 is 0 Å². The first kappa shape index (κ1) is 14.9. The quantitative estimate of drug-likeness (QED) is 0.616. The predicted molar refractivity (Wildman–Crippen MR) is 70.5 cm³/mol. The summed E-state index contributed by atoms with van der Waals surface area (Å²) in [5.41, 5.74) is 0. The average Bonchev–Trinajstić information content (AvgIpc) is 2.35. The number of likely N-dealkylation sites (tertiary alicyclic amines) is 1. The zero-order chi connectivity index (χ0) is 12.3. The summed E-state index contributed by atoms with van der Waals surface area (Å²) in [6, 6.07) is 0.697. The molecular formula is C13H28N2O2. The molecule has 1 aliphatic rings. The van der Waals surface area contributed by atoms with Gasteiger partial charge in [0.2, 0.25) is 0 Å². The van der Waals surface area contributed by atoms with Crippen LogP contribution in [0.1, 0.15) is 26.2 Å². The number of nitrogens with one attached hydrogen (secondary N) is 1. The predicted octanol–water partition coefficient (Wildman–Crippen LogP) is 1.11. The summed E-state index contributed by atoms with van der Waals surface area (Å²) in [5, 5.41) is 3.54. The van der Waals surface area contributed by atoms with Crippen molar-refractivity contribution in [3.05, 3.63) is 0 Å². The van der Waals surface area contributed by atoms with Crippen LogP contribution >= 0.6 is 0 Å². The lowest BCUT2D eigenvalue weighted by Crippen LogP contribution is -2.45. The van der Waals surface area contributed by atoms with Crippen LogP contribution in [-0.2, 0) is 9.47 Å². The molecule has 0 saturated carbocycles. The van der Waals surface area contributed by atoms with Gasteiger partial charge in [0.1, 0.15) is 0 Å². The Balaban J connectivity index is 1.98. The molecule has 1 saturated heterocycles. The molecule has 102 valence electrons. The Bertz CT molecular complexity index is 177. The van der Waals surface area contributed by atoms with E-state index in [1.54, 1.807) is 7.11 Å². The number of nitrogens with zero attached hydrogens (tertiary/aromatic N) is 1. The van der Waals surface area contributed by atoms with Gasteiger partial charge >= 0.3 is 0 Å². The minimum absolute atomic E-state index is 0.697. The maximum Gasteiger partial charge on any atom is 0.0700 e. The molecule has 0 radical (unpaired) electrons. The number of methoxy groups -OCH3 is 1. The summed E-state index contributed by atoms with van der Waals surface area (Å²) in [7, 11) is 1.71. The van der Waals surface area contributed by atoms with E-state index >= 15 is 0 Å². The molecule has 1 atom stereocenters. The SMILES string of the molecule is CCNC1CCCN(CCCOCCOC)C1. The van der Waals surface area contributed by atoms with Gasteiger partial charge in [0.05, 0.1) is 13.2 Å². The van der Waals surface area contributed by atoms with Crippen molar-refractivity contribution in [3.8, 4) is 0 Å². The van der Waals surface area contributed by atoms with Crippen molar-refractivity contribution in [2.24, 2.45) is 0 Å². The molecule has 1 N–H and O–H groups in total. The zero-order valence-corrected chi connectivity index (χ0v) is 11.4. The smallest absolute Gasteiger partial charge is 0.0700 e. The van der Waals surface area contributed by atoms with E-state index in [4.69, 9.17) is 9.47 Å². The number of rotatable bonds is 9. The van der Waals surface area contributed by atoms with E-state index in [1.807, 2.05) is 0 Å². The van der Waals surface area contributed by atoms with Crippen molar-refractivity contribution >= 4 is 0 Å². The van der Waals surface area contributed by atoms with E-state index in [0.717, 1.165) is 32.7 Å². The molecule has 0 aromatic heterocycles. The largest absolute Gasteiger partial charge is 0.382 e. The molecule has 0 aromatic rings. The van der Waals surface area contributed by atoms with Crippen molar-refractivity contribution in [3.63, 3.8) is 0 Å². The van der Waals surface area contributed by atoms with Gasteiger partial charge in [-0.15, -0.1) is 0 Å². The Kier molecular flexibility index (Phi) is 8.61. The van der Waals surface area contributed by atoms with Crippen LogP contribution in [0.15, 0.2) is 0 Å². The van der Waals surface area contributed by atoms with Crippen LogP contribution in [0.25, 0.3) is 0 Å². The van der Waals surface area contributed by atoms with Gasteiger partial charge in [0.15, 0.2) is 0 Å². The molecule has 4 nitrogen and oxygen atoms in total. The third kappa shape index (κ3) is 6.99. The van der Waals surface area contributed by atoms with Crippen molar-refractivity contribution in [2.75, 3.05) is 53.1 Å². The van der Waals surface area contributed by atoms with E-state index in [1.165, 1.54) is 25.9 Å². The molecule has 4 heteroatoms. The molecule has 0 bridgehead atoms.